The summed E-state index contributed by atoms with van der Waals surface area (Å²) in [7, 11) is 4.11. The molecule has 0 atom stereocenters. The zero-order chi connectivity index (χ0) is 11.5. The maximum absolute atomic E-state index is 9.82. The number of hydrogen-bond donors (Lipinski definition) is 1. The van der Waals surface area contributed by atoms with E-state index in [4.69, 9.17) is 0 Å². The van der Waals surface area contributed by atoms with Crippen LogP contribution < -0.4 is 0 Å². The van der Waals surface area contributed by atoms with Crippen LogP contribution >= 0.6 is 0 Å². The van der Waals surface area contributed by atoms with E-state index in [1.807, 2.05) is 26.0 Å². The lowest BCUT2D eigenvalue weighted by Gasteiger charge is -2.20. The molecule has 0 heterocycles. The monoisotopic (exact) mass is 207 g/mol. The molecule has 0 radical (unpaired) electrons. The van der Waals surface area contributed by atoms with Crippen LogP contribution in [0, 0.1) is 0 Å². The summed E-state index contributed by atoms with van der Waals surface area (Å²) in [4.78, 5) is 2.14. The first-order chi connectivity index (χ1) is 6.88. The van der Waals surface area contributed by atoms with Crippen molar-refractivity contribution in [1.82, 2.24) is 4.90 Å². The highest BCUT2D eigenvalue weighted by Gasteiger charge is 2.15. The predicted molar refractivity (Wildman–Crippen MR) is 63.8 cm³/mol. The lowest BCUT2D eigenvalue weighted by Crippen LogP contribution is -2.23. The first kappa shape index (κ1) is 12.2. The molecule has 2 nitrogen and oxygen atoms in total. The molecule has 0 amide bonds. The highest BCUT2D eigenvalue weighted by Crippen LogP contribution is 2.17. The third-order valence-corrected chi connectivity index (χ3v) is 2.23. The average Bonchev–Trinajstić information content (AvgIpc) is 2.05. The fourth-order valence-corrected chi connectivity index (χ4v) is 1.69. The van der Waals surface area contributed by atoms with Gasteiger partial charge in [0.15, 0.2) is 0 Å². The van der Waals surface area contributed by atoms with Crippen molar-refractivity contribution < 1.29 is 5.11 Å². The average molecular weight is 207 g/mol. The molecule has 0 fully saturated rings. The third-order valence-electron chi connectivity index (χ3n) is 2.23. The first-order valence-corrected chi connectivity index (χ1v) is 5.32. The van der Waals surface area contributed by atoms with Gasteiger partial charge in [-0.25, -0.2) is 0 Å². The molecule has 0 saturated carbocycles. The second-order valence-corrected chi connectivity index (χ2v) is 5.00. The molecule has 0 aromatic heterocycles. The fraction of sp³-hybridized carbons (Fsp3) is 0.538. The molecular weight excluding hydrogens is 186 g/mol. The van der Waals surface area contributed by atoms with E-state index in [0.29, 0.717) is 6.42 Å². The van der Waals surface area contributed by atoms with Crippen molar-refractivity contribution in [3.05, 3.63) is 35.4 Å². The van der Waals surface area contributed by atoms with E-state index in [0.717, 1.165) is 6.54 Å². The van der Waals surface area contributed by atoms with Crippen molar-refractivity contribution >= 4 is 0 Å². The molecule has 1 aromatic rings. The van der Waals surface area contributed by atoms with Gasteiger partial charge < -0.3 is 10.0 Å². The maximum atomic E-state index is 9.82. The summed E-state index contributed by atoms with van der Waals surface area (Å²) in [5.74, 6) is 0. The fourth-order valence-electron chi connectivity index (χ4n) is 1.69. The van der Waals surface area contributed by atoms with Crippen LogP contribution in [0.3, 0.4) is 0 Å². The van der Waals surface area contributed by atoms with Crippen LogP contribution in [-0.2, 0) is 13.0 Å². The summed E-state index contributed by atoms with van der Waals surface area (Å²) in [6, 6.07) is 8.30. The van der Waals surface area contributed by atoms with Crippen LogP contribution in [0.15, 0.2) is 24.3 Å². The molecule has 1 aromatic carbocycles. The Balaban J connectivity index is 2.86. The highest BCUT2D eigenvalue weighted by molar-refractivity contribution is 5.28. The molecule has 1 N–H and O–H groups in total. The second-order valence-electron chi connectivity index (χ2n) is 5.00. The standard InChI is InChI=1S/C13H21NO/c1-13(2,15)9-11-7-5-6-8-12(11)10-14(3)4/h5-8,15H,9-10H2,1-4H3. The Hall–Kier alpha value is -0.860. The van der Waals surface area contributed by atoms with E-state index < -0.39 is 5.60 Å². The van der Waals surface area contributed by atoms with Gasteiger partial charge in [0, 0.05) is 13.0 Å². The highest BCUT2D eigenvalue weighted by atomic mass is 16.3. The molecule has 84 valence electrons. The minimum atomic E-state index is -0.636. The summed E-state index contributed by atoms with van der Waals surface area (Å²) < 4.78 is 0. The predicted octanol–water partition coefficient (Wildman–Crippen LogP) is 2.06. The van der Waals surface area contributed by atoms with Crippen LogP contribution in [0.1, 0.15) is 25.0 Å². The molecule has 0 aliphatic rings. The number of rotatable bonds is 4. The quantitative estimate of drug-likeness (QED) is 0.817. The van der Waals surface area contributed by atoms with Gasteiger partial charge in [-0.1, -0.05) is 24.3 Å². The summed E-state index contributed by atoms with van der Waals surface area (Å²) in [6.07, 6.45) is 0.705. The normalized spacial score (nSPS) is 12.1. The molecule has 0 unspecified atom stereocenters. The lowest BCUT2D eigenvalue weighted by molar-refractivity contribution is 0.0806. The minimum absolute atomic E-state index is 0.636. The molecule has 0 aliphatic carbocycles. The second kappa shape index (κ2) is 4.77. The van der Waals surface area contributed by atoms with Crippen molar-refractivity contribution in [1.29, 1.82) is 0 Å². The van der Waals surface area contributed by atoms with Crippen molar-refractivity contribution in [2.45, 2.75) is 32.4 Å². The Bertz CT molecular complexity index is 313. The van der Waals surface area contributed by atoms with E-state index in [1.165, 1.54) is 11.1 Å². The van der Waals surface area contributed by atoms with Gasteiger partial charge in [-0.2, -0.15) is 0 Å². The maximum Gasteiger partial charge on any atom is 0.0632 e. The zero-order valence-corrected chi connectivity index (χ0v) is 10.1. The van der Waals surface area contributed by atoms with Crippen molar-refractivity contribution in [2.24, 2.45) is 0 Å². The summed E-state index contributed by atoms with van der Waals surface area (Å²) in [5.41, 5.74) is 1.89. The Morgan fingerprint density at radius 1 is 1.13 bits per heavy atom. The summed E-state index contributed by atoms with van der Waals surface area (Å²) in [5, 5.41) is 9.82. The largest absolute Gasteiger partial charge is 0.390 e. The molecule has 15 heavy (non-hydrogen) atoms. The van der Waals surface area contributed by atoms with Gasteiger partial charge in [0.1, 0.15) is 0 Å². The van der Waals surface area contributed by atoms with Crippen LogP contribution in [0.2, 0.25) is 0 Å². The molecule has 0 aliphatic heterocycles. The Kier molecular flexibility index (Phi) is 3.89. The smallest absolute Gasteiger partial charge is 0.0632 e. The molecular formula is C13H21NO. The van der Waals surface area contributed by atoms with E-state index >= 15 is 0 Å². The molecule has 0 saturated heterocycles. The Morgan fingerprint density at radius 2 is 1.67 bits per heavy atom. The first-order valence-electron chi connectivity index (χ1n) is 5.32. The van der Waals surface area contributed by atoms with Gasteiger partial charge in [-0.15, -0.1) is 0 Å². The van der Waals surface area contributed by atoms with E-state index in [1.54, 1.807) is 0 Å². The molecule has 0 spiro atoms. The van der Waals surface area contributed by atoms with Crippen LogP contribution in [0.25, 0.3) is 0 Å². The number of hydrogen-bond acceptors (Lipinski definition) is 2. The van der Waals surface area contributed by atoms with Gasteiger partial charge in [0.05, 0.1) is 5.60 Å². The van der Waals surface area contributed by atoms with Crippen molar-refractivity contribution in [3.8, 4) is 0 Å². The molecule has 2 heteroatoms. The molecule has 0 bridgehead atoms. The summed E-state index contributed by atoms with van der Waals surface area (Å²) >= 11 is 0. The lowest BCUT2D eigenvalue weighted by atomic mass is 9.95. The van der Waals surface area contributed by atoms with Crippen LogP contribution in [-0.4, -0.2) is 29.7 Å². The van der Waals surface area contributed by atoms with Crippen molar-refractivity contribution in [2.75, 3.05) is 14.1 Å². The van der Waals surface area contributed by atoms with Crippen molar-refractivity contribution in [3.63, 3.8) is 0 Å². The number of benzene rings is 1. The van der Waals surface area contributed by atoms with Crippen LogP contribution in [0.4, 0.5) is 0 Å². The topological polar surface area (TPSA) is 23.5 Å². The zero-order valence-electron chi connectivity index (χ0n) is 10.1. The SMILES string of the molecule is CN(C)Cc1ccccc1CC(C)(C)O. The van der Waals surface area contributed by atoms with Gasteiger partial charge in [-0.05, 0) is 39.1 Å². The minimum Gasteiger partial charge on any atom is -0.390 e. The van der Waals surface area contributed by atoms with E-state index in [2.05, 4.69) is 31.1 Å². The number of aliphatic hydroxyl groups is 1. The third kappa shape index (κ3) is 4.45. The van der Waals surface area contributed by atoms with Gasteiger partial charge in [-0.3, -0.25) is 0 Å². The van der Waals surface area contributed by atoms with Gasteiger partial charge >= 0.3 is 0 Å². The van der Waals surface area contributed by atoms with E-state index in [9.17, 15) is 5.11 Å². The summed E-state index contributed by atoms with van der Waals surface area (Å²) in [6.45, 7) is 4.62. The Labute approximate surface area is 92.5 Å². The van der Waals surface area contributed by atoms with Crippen LogP contribution in [0.5, 0.6) is 0 Å². The molecule has 1 rings (SSSR count). The van der Waals surface area contributed by atoms with Gasteiger partial charge in [0.25, 0.3) is 0 Å². The van der Waals surface area contributed by atoms with E-state index in [-0.39, 0.29) is 0 Å². The number of nitrogens with zero attached hydrogens (tertiary/aromatic N) is 1. The van der Waals surface area contributed by atoms with Gasteiger partial charge in [0.2, 0.25) is 0 Å². The Morgan fingerprint density at radius 3 is 2.13 bits per heavy atom.